The Morgan fingerprint density at radius 3 is 2.65 bits per heavy atom. The van der Waals surface area contributed by atoms with Gasteiger partial charge in [-0.1, -0.05) is 46.0 Å². The monoisotopic (exact) mass is 524 g/mol. The van der Waals surface area contributed by atoms with Gasteiger partial charge in [0.25, 0.3) is 15.9 Å². The zero-order chi connectivity index (χ0) is 22.8. The first-order valence-corrected chi connectivity index (χ1v) is 12.0. The van der Waals surface area contributed by atoms with E-state index < -0.39 is 16.1 Å². The maximum Gasteiger partial charge on any atom is 0.264 e. The third kappa shape index (κ3) is 5.51. The number of halogens is 3. The van der Waals surface area contributed by atoms with E-state index in [-0.39, 0.29) is 42.7 Å². The van der Waals surface area contributed by atoms with Crippen molar-refractivity contribution in [3.63, 3.8) is 0 Å². The van der Waals surface area contributed by atoms with Crippen LogP contribution in [0.15, 0.2) is 32.6 Å². The molecular formula is C16H15Cl3N6O4S2. The van der Waals surface area contributed by atoms with Crippen LogP contribution in [0.3, 0.4) is 0 Å². The van der Waals surface area contributed by atoms with Crippen molar-refractivity contribution in [2.24, 2.45) is 5.73 Å². The fourth-order valence-corrected chi connectivity index (χ4v) is 5.11. The lowest BCUT2D eigenvalue weighted by Gasteiger charge is -2.14. The number of methoxy groups -OCH3 is 1. The number of nitrogens with two attached hydrogens (primary N) is 1. The zero-order valence-corrected chi connectivity index (χ0v) is 19.9. The average Bonchev–Trinajstić information content (AvgIpc) is 3.15. The van der Waals surface area contributed by atoms with Crippen LogP contribution in [-0.4, -0.2) is 41.4 Å². The number of nitrogens with one attached hydrogen (secondary N) is 1. The number of hydrogen-bond acceptors (Lipinski definition) is 10. The quantitative estimate of drug-likeness (QED) is 0.417. The summed E-state index contributed by atoms with van der Waals surface area (Å²) in [7, 11) is -2.84. The van der Waals surface area contributed by atoms with Gasteiger partial charge in [0, 0.05) is 5.75 Å². The molecule has 2 heterocycles. The zero-order valence-electron chi connectivity index (χ0n) is 16.0. The fourth-order valence-electron chi connectivity index (χ4n) is 2.26. The molecule has 3 N–H and O–H groups in total. The molecule has 3 aromatic rings. The van der Waals surface area contributed by atoms with Crippen molar-refractivity contribution in [3.8, 4) is 5.88 Å². The van der Waals surface area contributed by atoms with E-state index in [1.807, 2.05) is 0 Å². The molecule has 1 aromatic carbocycles. The molecule has 0 bridgehead atoms. The minimum absolute atomic E-state index is 0.0606. The molecule has 166 valence electrons. The Bertz CT molecular complexity index is 1210. The third-order valence-corrected chi connectivity index (χ3v) is 7.45. The van der Waals surface area contributed by atoms with E-state index in [1.165, 1.54) is 25.3 Å². The Labute approximate surface area is 196 Å². The summed E-state index contributed by atoms with van der Waals surface area (Å²) in [5.74, 6) is 0.707. The molecule has 10 nitrogen and oxygen atoms in total. The number of benzene rings is 1. The van der Waals surface area contributed by atoms with Gasteiger partial charge in [-0.15, -0.1) is 11.8 Å². The van der Waals surface area contributed by atoms with Gasteiger partial charge in [0.2, 0.25) is 11.7 Å². The molecule has 0 aliphatic heterocycles. The third-order valence-electron chi connectivity index (χ3n) is 3.68. The first-order chi connectivity index (χ1) is 14.6. The Morgan fingerprint density at radius 2 is 2.00 bits per heavy atom. The second-order valence-electron chi connectivity index (χ2n) is 5.93. The van der Waals surface area contributed by atoms with Crippen LogP contribution in [0, 0.1) is 6.92 Å². The van der Waals surface area contributed by atoms with Gasteiger partial charge in [-0.3, -0.25) is 4.72 Å². The highest BCUT2D eigenvalue weighted by atomic mass is 35.5. The van der Waals surface area contributed by atoms with Crippen LogP contribution in [0.4, 0.5) is 5.82 Å². The summed E-state index contributed by atoms with van der Waals surface area (Å²) in [5, 5.41) is 3.85. The van der Waals surface area contributed by atoms with Crippen molar-refractivity contribution in [3.05, 3.63) is 45.1 Å². The van der Waals surface area contributed by atoms with E-state index in [9.17, 15) is 8.42 Å². The largest absolute Gasteiger partial charge is 0.478 e. The predicted octanol–water partition coefficient (Wildman–Crippen LogP) is 3.73. The lowest BCUT2D eigenvalue weighted by atomic mass is 10.4. The number of aryl methyl sites for hydroxylation is 1. The SMILES string of the molecule is COc1nc(SC[C@@H](N)c2nc(C)no2)c(Cl)nc1NS(=O)(=O)c1cccc(Cl)c1Cl. The summed E-state index contributed by atoms with van der Waals surface area (Å²) in [6.45, 7) is 1.68. The maximum absolute atomic E-state index is 12.7. The molecule has 0 aliphatic carbocycles. The van der Waals surface area contributed by atoms with Crippen molar-refractivity contribution < 1.29 is 17.7 Å². The topological polar surface area (TPSA) is 146 Å². The van der Waals surface area contributed by atoms with Crippen molar-refractivity contribution in [1.82, 2.24) is 20.1 Å². The predicted molar refractivity (Wildman–Crippen MR) is 118 cm³/mol. The highest BCUT2D eigenvalue weighted by Crippen LogP contribution is 2.34. The molecular weight excluding hydrogens is 511 g/mol. The van der Waals surface area contributed by atoms with Gasteiger partial charge >= 0.3 is 0 Å². The Balaban J connectivity index is 1.83. The van der Waals surface area contributed by atoms with E-state index in [4.69, 9.17) is 49.8 Å². The highest BCUT2D eigenvalue weighted by molar-refractivity contribution is 7.99. The number of nitrogens with zero attached hydrogens (tertiary/aromatic N) is 4. The van der Waals surface area contributed by atoms with Gasteiger partial charge in [-0.05, 0) is 19.1 Å². The lowest BCUT2D eigenvalue weighted by molar-refractivity contribution is 0.360. The summed E-state index contributed by atoms with van der Waals surface area (Å²) < 4.78 is 38.0. The van der Waals surface area contributed by atoms with Crippen molar-refractivity contribution in [1.29, 1.82) is 0 Å². The van der Waals surface area contributed by atoms with E-state index in [1.54, 1.807) is 6.92 Å². The minimum Gasteiger partial charge on any atom is -0.478 e. The van der Waals surface area contributed by atoms with E-state index >= 15 is 0 Å². The summed E-state index contributed by atoms with van der Waals surface area (Å²) in [6.07, 6.45) is 0. The molecule has 0 saturated heterocycles. The number of ether oxygens (including phenoxy) is 1. The smallest absolute Gasteiger partial charge is 0.264 e. The molecule has 0 unspecified atom stereocenters. The Kier molecular flexibility index (Phi) is 7.50. The number of hydrogen-bond donors (Lipinski definition) is 2. The molecule has 0 radical (unpaired) electrons. The molecule has 3 rings (SSSR count). The van der Waals surface area contributed by atoms with Crippen molar-refractivity contribution in [2.75, 3.05) is 17.6 Å². The Morgan fingerprint density at radius 1 is 1.26 bits per heavy atom. The summed E-state index contributed by atoms with van der Waals surface area (Å²) >= 11 is 19.3. The van der Waals surface area contributed by atoms with Crippen molar-refractivity contribution in [2.45, 2.75) is 22.9 Å². The first kappa shape index (κ1) is 23.8. The molecule has 0 amide bonds. The van der Waals surface area contributed by atoms with Gasteiger partial charge in [-0.25, -0.2) is 18.4 Å². The average molecular weight is 526 g/mol. The van der Waals surface area contributed by atoms with Crippen LogP contribution < -0.4 is 15.2 Å². The number of aromatic nitrogens is 4. The van der Waals surface area contributed by atoms with Crippen LogP contribution in [0.5, 0.6) is 5.88 Å². The molecule has 0 saturated carbocycles. The summed E-state index contributed by atoms with van der Waals surface area (Å²) in [4.78, 5) is 12.1. The van der Waals surface area contributed by atoms with E-state index in [2.05, 4.69) is 24.8 Å². The van der Waals surface area contributed by atoms with E-state index in [0.717, 1.165) is 11.8 Å². The number of thioether (sulfide) groups is 1. The van der Waals surface area contributed by atoms with Crippen LogP contribution in [0.25, 0.3) is 0 Å². The molecule has 0 aliphatic rings. The second kappa shape index (κ2) is 9.76. The minimum atomic E-state index is -4.15. The molecule has 2 aromatic heterocycles. The fraction of sp³-hybridized carbons (Fsp3) is 0.250. The van der Waals surface area contributed by atoms with Crippen LogP contribution in [-0.2, 0) is 10.0 Å². The molecule has 31 heavy (non-hydrogen) atoms. The van der Waals surface area contributed by atoms with Crippen molar-refractivity contribution >= 4 is 62.4 Å². The van der Waals surface area contributed by atoms with Gasteiger partial charge < -0.3 is 15.0 Å². The standard InChI is InChI=1S/C16H15Cl3N6O4S2/c1-7-21-14(29-24-7)9(20)6-30-16-12(19)22-13(15(23-16)28-2)25-31(26,27)10-5-3-4-8(17)11(10)18/h3-5,9H,6,20H2,1-2H3,(H,22,25)/t9-/m1/s1. The number of sulfonamides is 1. The van der Waals surface area contributed by atoms with Gasteiger partial charge in [0.05, 0.1) is 23.2 Å². The molecule has 0 fully saturated rings. The molecule has 0 spiro atoms. The van der Waals surface area contributed by atoms with Crippen LogP contribution in [0.1, 0.15) is 17.8 Å². The van der Waals surface area contributed by atoms with E-state index in [0.29, 0.717) is 11.6 Å². The molecule has 1 atom stereocenters. The number of anilines is 1. The molecule has 15 heteroatoms. The van der Waals surface area contributed by atoms with Gasteiger partial charge in [0.1, 0.15) is 9.92 Å². The second-order valence-corrected chi connectivity index (χ2v) is 9.73. The van der Waals surface area contributed by atoms with Crippen LogP contribution >= 0.6 is 46.6 Å². The highest BCUT2D eigenvalue weighted by Gasteiger charge is 2.24. The Hall–Kier alpha value is -1.83. The first-order valence-electron chi connectivity index (χ1n) is 8.39. The summed E-state index contributed by atoms with van der Waals surface area (Å²) in [6, 6.07) is 3.64. The number of rotatable bonds is 8. The maximum atomic E-state index is 12.7. The summed E-state index contributed by atoms with van der Waals surface area (Å²) in [5.41, 5.74) is 6.03. The van der Waals surface area contributed by atoms with Crippen LogP contribution in [0.2, 0.25) is 15.2 Å². The van der Waals surface area contributed by atoms with Gasteiger partial charge in [0.15, 0.2) is 11.0 Å². The lowest BCUT2D eigenvalue weighted by Crippen LogP contribution is -2.16. The van der Waals surface area contributed by atoms with Gasteiger partial charge in [-0.2, -0.15) is 4.98 Å². The normalized spacial score (nSPS) is 12.6.